The van der Waals surface area contributed by atoms with Crippen LogP contribution in [-0.4, -0.2) is 48.0 Å². The third-order valence-corrected chi connectivity index (χ3v) is 8.20. The van der Waals surface area contributed by atoms with E-state index >= 15 is 0 Å². The maximum atomic E-state index is 13.6. The van der Waals surface area contributed by atoms with Gasteiger partial charge in [-0.25, -0.2) is 0 Å². The number of pyridine rings is 1. The zero-order valence-corrected chi connectivity index (χ0v) is 22.8. The molecule has 0 saturated carbocycles. The second kappa shape index (κ2) is 12.0. The van der Waals surface area contributed by atoms with Gasteiger partial charge in [-0.3, -0.25) is 19.5 Å². The van der Waals surface area contributed by atoms with E-state index in [1.807, 2.05) is 6.07 Å². The Morgan fingerprint density at radius 1 is 0.900 bits per heavy atom. The molecule has 0 spiro atoms. The molecule has 0 unspecified atom stereocenters. The summed E-state index contributed by atoms with van der Waals surface area (Å²) in [6.45, 7) is 3.70. The summed E-state index contributed by atoms with van der Waals surface area (Å²) in [5.41, 5.74) is 2.19. The summed E-state index contributed by atoms with van der Waals surface area (Å²) in [5.74, 6) is 1.68. The molecule has 4 aromatic rings. The minimum atomic E-state index is -0.363. The number of carbonyl (C=O) groups is 2. The molecule has 1 fully saturated rings. The van der Waals surface area contributed by atoms with Crippen LogP contribution < -0.4 is 15.4 Å². The molecule has 6 rings (SSSR count). The summed E-state index contributed by atoms with van der Waals surface area (Å²) < 4.78 is 17.1. The van der Waals surface area contributed by atoms with Crippen molar-refractivity contribution < 1.29 is 23.5 Å². The van der Waals surface area contributed by atoms with Crippen molar-refractivity contribution in [2.45, 2.75) is 32.2 Å². The molecule has 0 atom stereocenters. The van der Waals surface area contributed by atoms with Gasteiger partial charge in [0.1, 0.15) is 22.3 Å². The van der Waals surface area contributed by atoms with E-state index < -0.39 is 0 Å². The van der Waals surface area contributed by atoms with Gasteiger partial charge in [-0.05, 0) is 79.8 Å². The van der Waals surface area contributed by atoms with Crippen LogP contribution in [-0.2, 0) is 24.1 Å². The van der Waals surface area contributed by atoms with Crippen LogP contribution in [0, 0.1) is 0 Å². The van der Waals surface area contributed by atoms with E-state index in [2.05, 4.69) is 20.5 Å². The molecule has 2 amide bonds. The highest BCUT2D eigenvalue weighted by atomic mass is 32.1. The Morgan fingerprint density at radius 2 is 1.65 bits per heavy atom. The molecule has 0 bridgehead atoms. The van der Waals surface area contributed by atoms with Crippen LogP contribution in [0.3, 0.4) is 0 Å². The third kappa shape index (κ3) is 6.09. The van der Waals surface area contributed by atoms with Crippen LogP contribution in [0.1, 0.15) is 50.0 Å². The highest BCUT2D eigenvalue weighted by molar-refractivity contribution is 7.17. The van der Waals surface area contributed by atoms with E-state index in [9.17, 15) is 9.59 Å². The molecular weight excluding hydrogens is 528 g/mol. The number of amides is 2. The van der Waals surface area contributed by atoms with Crippen LogP contribution >= 0.6 is 11.3 Å². The molecule has 1 aliphatic carbocycles. The van der Waals surface area contributed by atoms with Crippen molar-refractivity contribution in [3.63, 3.8) is 0 Å². The van der Waals surface area contributed by atoms with Crippen molar-refractivity contribution in [1.29, 1.82) is 0 Å². The second-order valence-electron chi connectivity index (χ2n) is 9.79. The molecule has 0 radical (unpaired) electrons. The molecule has 4 heterocycles. The van der Waals surface area contributed by atoms with E-state index in [-0.39, 0.29) is 17.6 Å². The van der Waals surface area contributed by atoms with E-state index in [1.54, 1.807) is 54.9 Å². The minimum absolute atomic E-state index is 0.228. The molecule has 2 aliphatic rings. The normalized spacial score (nSPS) is 15.3. The fourth-order valence-corrected chi connectivity index (χ4v) is 6.25. The Balaban J connectivity index is 1.16. The number of rotatable bonds is 8. The lowest BCUT2D eigenvalue weighted by Gasteiger charge is -2.25. The maximum Gasteiger partial charge on any atom is 0.291 e. The Bertz CT molecular complexity index is 1480. The molecule has 1 aliphatic heterocycles. The molecule has 10 heteroatoms. The summed E-state index contributed by atoms with van der Waals surface area (Å²) in [6, 6.07) is 14.3. The number of morpholine rings is 1. The molecular formula is C30H30N4O5S. The molecule has 3 aromatic heterocycles. The highest BCUT2D eigenvalue weighted by Crippen LogP contribution is 2.39. The van der Waals surface area contributed by atoms with Crippen LogP contribution in [0.15, 0.2) is 65.3 Å². The van der Waals surface area contributed by atoms with Gasteiger partial charge in [0.2, 0.25) is 0 Å². The highest BCUT2D eigenvalue weighted by Gasteiger charge is 2.27. The Kier molecular flexibility index (Phi) is 7.90. The van der Waals surface area contributed by atoms with Gasteiger partial charge in [0.15, 0.2) is 5.76 Å². The Morgan fingerprint density at radius 3 is 2.45 bits per heavy atom. The molecule has 1 saturated heterocycles. The molecule has 1 aromatic carbocycles. The number of benzene rings is 1. The lowest BCUT2D eigenvalue weighted by molar-refractivity contribution is 0.0312. The SMILES string of the molecule is O=C(Nc1sc2c(c1C(=O)Nc1ccc(Oc3ccncc3)cc1)CCCC2)c1ccc(CN2CCOCC2)o1. The lowest BCUT2D eigenvalue weighted by Crippen LogP contribution is -2.35. The Hall–Kier alpha value is -3.99. The van der Waals surface area contributed by atoms with E-state index in [4.69, 9.17) is 13.9 Å². The number of hydrogen-bond donors (Lipinski definition) is 2. The van der Waals surface area contributed by atoms with Crippen molar-refractivity contribution in [2.75, 3.05) is 36.9 Å². The first-order valence-electron chi connectivity index (χ1n) is 13.5. The van der Waals surface area contributed by atoms with Crippen molar-refractivity contribution >= 4 is 33.8 Å². The monoisotopic (exact) mass is 558 g/mol. The standard InChI is InChI=1S/C30H30N4O5S/c35-28(25-10-9-23(39-25)19-34-15-17-37-18-16-34)33-30-27(24-3-1-2-4-26(24)40-30)29(36)32-20-5-7-21(8-6-20)38-22-11-13-31-14-12-22/h5-14H,1-4,15-19H2,(H,32,36)(H,33,35). The van der Waals surface area contributed by atoms with Gasteiger partial charge in [-0.15, -0.1) is 11.3 Å². The molecule has 206 valence electrons. The number of aryl methyl sites for hydroxylation is 1. The average Bonchev–Trinajstić information content (AvgIpc) is 3.60. The van der Waals surface area contributed by atoms with E-state index in [1.165, 1.54) is 11.3 Å². The fourth-order valence-electron chi connectivity index (χ4n) is 4.97. The maximum absolute atomic E-state index is 13.6. The molecule has 40 heavy (non-hydrogen) atoms. The molecule has 2 N–H and O–H groups in total. The van der Waals surface area contributed by atoms with Gasteiger partial charge in [-0.1, -0.05) is 0 Å². The largest absolute Gasteiger partial charge is 0.457 e. The number of carbonyl (C=O) groups excluding carboxylic acids is 2. The smallest absolute Gasteiger partial charge is 0.291 e. The number of nitrogens with one attached hydrogen (secondary N) is 2. The van der Waals surface area contributed by atoms with Crippen LogP contribution in [0.25, 0.3) is 0 Å². The third-order valence-electron chi connectivity index (χ3n) is 6.99. The molecule has 9 nitrogen and oxygen atoms in total. The van der Waals surface area contributed by atoms with E-state index in [0.717, 1.165) is 55.0 Å². The lowest BCUT2D eigenvalue weighted by atomic mass is 9.95. The Labute approximate surface area is 236 Å². The van der Waals surface area contributed by atoms with Crippen LogP contribution in [0.2, 0.25) is 0 Å². The summed E-state index contributed by atoms with van der Waals surface area (Å²) in [7, 11) is 0. The van der Waals surface area contributed by atoms with Crippen LogP contribution in [0.4, 0.5) is 10.7 Å². The van der Waals surface area contributed by atoms with Gasteiger partial charge in [-0.2, -0.15) is 0 Å². The van der Waals surface area contributed by atoms with Gasteiger partial charge in [0.05, 0.1) is 25.3 Å². The predicted molar refractivity (Wildman–Crippen MR) is 152 cm³/mol. The first-order chi connectivity index (χ1) is 19.6. The van der Waals surface area contributed by atoms with Crippen LogP contribution in [0.5, 0.6) is 11.5 Å². The number of ether oxygens (including phenoxy) is 2. The van der Waals surface area contributed by atoms with Crippen molar-refractivity contribution in [3.05, 3.63) is 88.4 Å². The summed E-state index contributed by atoms with van der Waals surface area (Å²) in [4.78, 5) is 34.1. The van der Waals surface area contributed by atoms with Gasteiger partial charge >= 0.3 is 0 Å². The van der Waals surface area contributed by atoms with Gasteiger partial charge < -0.3 is 24.5 Å². The number of thiophene rings is 1. The predicted octanol–water partition coefficient (Wildman–Crippen LogP) is 5.74. The number of furan rings is 1. The van der Waals surface area contributed by atoms with Crippen molar-refractivity contribution in [1.82, 2.24) is 9.88 Å². The van der Waals surface area contributed by atoms with Gasteiger partial charge in [0, 0.05) is 36.0 Å². The number of fused-ring (bicyclic) bond motifs is 1. The average molecular weight is 559 g/mol. The quantitative estimate of drug-likeness (QED) is 0.284. The first-order valence-corrected chi connectivity index (χ1v) is 14.3. The summed E-state index contributed by atoms with van der Waals surface area (Å²) in [5, 5.41) is 6.52. The van der Waals surface area contributed by atoms with Crippen molar-refractivity contribution in [3.8, 4) is 11.5 Å². The second-order valence-corrected chi connectivity index (χ2v) is 10.9. The minimum Gasteiger partial charge on any atom is -0.457 e. The van der Waals surface area contributed by atoms with Crippen molar-refractivity contribution in [2.24, 2.45) is 0 Å². The number of nitrogens with zero attached hydrogens (tertiary/aromatic N) is 2. The zero-order valence-electron chi connectivity index (χ0n) is 22.0. The topological polar surface area (TPSA) is 106 Å². The number of anilines is 2. The first kappa shape index (κ1) is 26.2. The fraction of sp³-hybridized carbons (Fsp3) is 0.300. The summed E-state index contributed by atoms with van der Waals surface area (Å²) >= 11 is 1.48. The summed E-state index contributed by atoms with van der Waals surface area (Å²) in [6.07, 6.45) is 7.14. The van der Waals surface area contributed by atoms with E-state index in [0.29, 0.717) is 47.5 Å². The zero-order chi connectivity index (χ0) is 27.3. The van der Waals surface area contributed by atoms with Gasteiger partial charge in [0.25, 0.3) is 11.8 Å². The number of hydrogen-bond acceptors (Lipinski definition) is 8. The number of aromatic nitrogens is 1.